The Labute approximate surface area is 76.6 Å². The molecular formula is C8H10N4O. The van der Waals surface area contributed by atoms with E-state index >= 15 is 0 Å². The van der Waals surface area contributed by atoms with Crippen LogP contribution in [0.25, 0.3) is 0 Å². The molecule has 0 bridgehead atoms. The number of aromatic amines is 1. The van der Waals surface area contributed by atoms with Crippen molar-refractivity contribution in [2.75, 3.05) is 6.61 Å². The summed E-state index contributed by atoms with van der Waals surface area (Å²) in [6.07, 6.45) is 1.68. The van der Waals surface area contributed by atoms with E-state index in [1.54, 1.807) is 6.20 Å². The Bertz CT molecular complexity index is 306. The van der Waals surface area contributed by atoms with Crippen molar-refractivity contribution < 1.29 is 4.74 Å². The molecular weight excluding hydrogens is 168 g/mol. The topological polar surface area (TPSA) is 85.5 Å². The molecule has 1 heterocycles. The third kappa shape index (κ3) is 5.28. The van der Waals surface area contributed by atoms with Crippen molar-refractivity contribution in [2.45, 2.75) is 13.8 Å². The van der Waals surface area contributed by atoms with Crippen LogP contribution in [0.3, 0.4) is 0 Å². The molecule has 0 radical (unpaired) electrons. The molecule has 1 rings (SSSR count). The molecule has 5 heteroatoms. The van der Waals surface area contributed by atoms with Gasteiger partial charge >= 0.3 is 0 Å². The Morgan fingerprint density at radius 1 is 1.54 bits per heavy atom. The van der Waals surface area contributed by atoms with E-state index in [2.05, 4.69) is 9.97 Å². The van der Waals surface area contributed by atoms with Crippen LogP contribution in [-0.2, 0) is 0 Å². The van der Waals surface area contributed by atoms with Gasteiger partial charge in [-0.3, -0.25) is 0 Å². The number of ether oxygens (including phenoxy) is 1. The first kappa shape index (κ1) is 11.0. The average molecular weight is 178 g/mol. The maximum absolute atomic E-state index is 7.26. The molecule has 68 valence electrons. The zero-order valence-corrected chi connectivity index (χ0v) is 7.53. The summed E-state index contributed by atoms with van der Waals surface area (Å²) in [6.45, 7) is 4.51. The number of nitrogens with zero attached hydrogens (tertiary/aromatic N) is 3. The number of aromatic nitrogens is 2. The number of rotatable bonds is 2. The lowest BCUT2D eigenvalue weighted by molar-refractivity contribution is 0.328. The van der Waals surface area contributed by atoms with E-state index in [0.29, 0.717) is 6.61 Å². The largest absolute Gasteiger partial charge is 0.478 e. The quantitative estimate of drug-likeness (QED) is 0.736. The van der Waals surface area contributed by atoms with E-state index in [4.69, 9.17) is 15.3 Å². The number of hydrogen-bond donors (Lipinski definition) is 1. The Hall–Kier alpha value is -2.01. The van der Waals surface area contributed by atoms with Crippen LogP contribution in [0.4, 0.5) is 0 Å². The van der Waals surface area contributed by atoms with Gasteiger partial charge in [-0.25, -0.2) is 4.98 Å². The minimum absolute atomic E-state index is 0.682. The van der Waals surface area contributed by atoms with E-state index in [9.17, 15) is 0 Å². The van der Waals surface area contributed by atoms with Gasteiger partial charge in [0.2, 0.25) is 5.88 Å². The second kappa shape index (κ2) is 6.68. The second-order valence-electron chi connectivity index (χ2n) is 1.99. The molecule has 0 unspecified atom stereocenters. The van der Waals surface area contributed by atoms with Crippen molar-refractivity contribution in [3.63, 3.8) is 0 Å². The molecule has 0 aliphatic heterocycles. The summed E-state index contributed by atoms with van der Waals surface area (Å²) in [5, 5.41) is 14.5. The van der Waals surface area contributed by atoms with Crippen molar-refractivity contribution in [3.05, 3.63) is 12.0 Å². The van der Waals surface area contributed by atoms with Gasteiger partial charge in [0.15, 0.2) is 12.1 Å². The van der Waals surface area contributed by atoms with Gasteiger partial charge < -0.3 is 9.72 Å². The van der Waals surface area contributed by atoms with Crippen LogP contribution in [0.5, 0.6) is 5.88 Å². The zero-order valence-electron chi connectivity index (χ0n) is 7.53. The third-order valence-electron chi connectivity index (χ3n) is 1.03. The van der Waals surface area contributed by atoms with E-state index in [0.717, 1.165) is 11.7 Å². The molecule has 0 aromatic carbocycles. The molecule has 0 fully saturated rings. The lowest BCUT2D eigenvalue weighted by Gasteiger charge is -1.94. The van der Waals surface area contributed by atoms with Crippen molar-refractivity contribution in [3.8, 4) is 18.0 Å². The molecule has 1 aromatic heterocycles. The highest BCUT2D eigenvalue weighted by atomic mass is 16.5. The summed E-state index contributed by atoms with van der Waals surface area (Å²) in [5.41, 5.74) is 0. The Kier molecular flexibility index (Phi) is 5.65. The normalized spacial score (nSPS) is 7.38. The van der Waals surface area contributed by atoms with Crippen LogP contribution in [0, 0.1) is 29.6 Å². The fourth-order valence-electron chi connectivity index (χ4n) is 0.627. The van der Waals surface area contributed by atoms with Gasteiger partial charge in [-0.05, 0) is 13.8 Å². The van der Waals surface area contributed by atoms with Gasteiger partial charge in [0.25, 0.3) is 0 Å². The van der Waals surface area contributed by atoms with Crippen molar-refractivity contribution in [1.29, 1.82) is 10.5 Å². The summed E-state index contributed by atoms with van der Waals surface area (Å²) in [7, 11) is 0. The smallest absolute Gasteiger partial charge is 0.211 e. The highest BCUT2D eigenvalue weighted by Crippen LogP contribution is 2.03. The predicted octanol–water partition coefficient (Wildman–Crippen LogP) is 1.15. The van der Waals surface area contributed by atoms with Crippen LogP contribution in [-0.4, -0.2) is 16.6 Å². The Morgan fingerprint density at radius 3 is 2.46 bits per heavy atom. The fourth-order valence-corrected chi connectivity index (χ4v) is 0.627. The highest BCUT2D eigenvalue weighted by molar-refractivity contribution is 5.05. The number of imidazole rings is 1. The van der Waals surface area contributed by atoms with Crippen LogP contribution in [0.2, 0.25) is 0 Å². The molecule has 13 heavy (non-hydrogen) atoms. The lowest BCUT2D eigenvalue weighted by atomic mass is 10.7. The number of nitrogens with one attached hydrogen (secondary N) is 1. The minimum atomic E-state index is 0.682. The van der Waals surface area contributed by atoms with E-state index in [-0.39, 0.29) is 0 Å². The first-order chi connectivity index (χ1) is 6.24. The first-order valence-electron chi connectivity index (χ1n) is 3.67. The van der Waals surface area contributed by atoms with Gasteiger partial charge in [-0.1, -0.05) is 0 Å². The molecule has 5 nitrogen and oxygen atoms in total. The third-order valence-corrected chi connectivity index (χ3v) is 1.03. The van der Waals surface area contributed by atoms with Gasteiger partial charge in [0.05, 0.1) is 12.8 Å². The SMILES string of the molecule is CCOc1cnc(C)[nH]1.N#CC#N. The second-order valence-corrected chi connectivity index (χ2v) is 1.99. The molecule has 0 aliphatic rings. The fraction of sp³-hybridized carbons (Fsp3) is 0.375. The Balaban J connectivity index is 0.000000310. The molecule has 0 saturated carbocycles. The summed E-state index contributed by atoms with van der Waals surface area (Å²) < 4.78 is 5.11. The van der Waals surface area contributed by atoms with Crippen LogP contribution >= 0.6 is 0 Å². The number of H-pyrrole nitrogens is 1. The molecule has 0 spiro atoms. The Morgan fingerprint density at radius 2 is 2.15 bits per heavy atom. The highest BCUT2D eigenvalue weighted by Gasteiger charge is 1.92. The van der Waals surface area contributed by atoms with Crippen LogP contribution in [0.15, 0.2) is 6.20 Å². The average Bonchev–Trinajstić information content (AvgIpc) is 2.53. The summed E-state index contributed by atoms with van der Waals surface area (Å²) in [6, 6.07) is 2.47. The first-order valence-corrected chi connectivity index (χ1v) is 3.67. The van der Waals surface area contributed by atoms with E-state index < -0.39 is 0 Å². The van der Waals surface area contributed by atoms with Crippen LogP contribution in [0.1, 0.15) is 12.7 Å². The van der Waals surface area contributed by atoms with Crippen molar-refractivity contribution >= 4 is 0 Å². The van der Waals surface area contributed by atoms with E-state index in [1.807, 2.05) is 13.8 Å². The number of hydrogen-bond acceptors (Lipinski definition) is 4. The maximum atomic E-state index is 7.26. The number of nitriles is 2. The van der Waals surface area contributed by atoms with Gasteiger partial charge in [0, 0.05) is 0 Å². The maximum Gasteiger partial charge on any atom is 0.211 e. The van der Waals surface area contributed by atoms with Gasteiger partial charge in [0.1, 0.15) is 5.82 Å². The molecule has 0 amide bonds. The molecule has 1 aromatic rings. The zero-order chi connectivity index (χ0) is 10.1. The monoisotopic (exact) mass is 178 g/mol. The minimum Gasteiger partial charge on any atom is -0.478 e. The molecule has 0 atom stereocenters. The summed E-state index contributed by atoms with van der Waals surface area (Å²) in [5.74, 6) is 1.63. The van der Waals surface area contributed by atoms with Crippen molar-refractivity contribution in [1.82, 2.24) is 9.97 Å². The number of aryl methyl sites for hydroxylation is 1. The van der Waals surface area contributed by atoms with Crippen molar-refractivity contribution in [2.24, 2.45) is 0 Å². The summed E-state index contributed by atoms with van der Waals surface area (Å²) >= 11 is 0. The predicted molar refractivity (Wildman–Crippen MR) is 45.7 cm³/mol. The molecule has 0 aliphatic carbocycles. The standard InChI is InChI=1S/C6H10N2O.C2N2/c1-3-9-6-4-7-5(2)8-6;3-1-2-4/h4H,3H2,1-2H3,(H,7,8);. The van der Waals surface area contributed by atoms with E-state index in [1.165, 1.54) is 12.1 Å². The van der Waals surface area contributed by atoms with Crippen LogP contribution < -0.4 is 4.74 Å². The molecule has 0 saturated heterocycles. The lowest BCUT2D eigenvalue weighted by Crippen LogP contribution is -1.90. The van der Waals surface area contributed by atoms with Gasteiger partial charge in [-0.2, -0.15) is 10.5 Å². The van der Waals surface area contributed by atoms with Gasteiger partial charge in [-0.15, -0.1) is 0 Å². The molecule has 1 N–H and O–H groups in total. The summed E-state index contributed by atoms with van der Waals surface area (Å²) in [4.78, 5) is 6.90.